The summed E-state index contributed by atoms with van der Waals surface area (Å²) in [5.74, 6) is 0. The molecule has 0 amide bonds. The first-order valence-corrected chi connectivity index (χ1v) is 4.03. The molecule has 2 rings (SSSR count). The van der Waals surface area contributed by atoms with E-state index in [4.69, 9.17) is 0 Å². The lowest BCUT2D eigenvalue weighted by Crippen LogP contribution is -2.16. The van der Waals surface area contributed by atoms with Gasteiger partial charge in [-0.2, -0.15) is 0 Å². The van der Waals surface area contributed by atoms with Crippen LogP contribution in [-0.2, 0) is 0 Å². The first-order chi connectivity index (χ1) is 5.38. The van der Waals surface area contributed by atoms with Crippen LogP contribution in [0.5, 0.6) is 0 Å². The van der Waals surface area contributed by atoms with Crippen molar-refractivity contribution in [1.82, 2.24) is 9.55 Å². The molecule has 0 aromatic carbocycles. The van der Waals surface area contributed by atoms with E-state index in [9.17, 15) is 5.11 Å². The average molecular weight is 152 g/mol. The van der Waals surface area contributed by atoms with Crippen molar-refractivity contribution >= 4 is 0 Å². The minimum absolute atomic E-state index is 0.163. The number of imidazole rings is 1. The first-order valence-electron chi connectivity index (χ1n) is 4.03. The molecule has 0 radical (unpaired) electrons. The van der Waals surface area contributed by atoms with Crippen LogP contribution in [0.1, 0.15) is 25.3 Å². The summed E-state index contributed by atoms with van der Waals surface area (Å²) >= 11 is 0. The van der Waals surface area contributed by atoms with Crippen molar-refractivity contribution in [3.8, 4) is 0 Å². The normalized spacial score (nSPS) is 31.0. The fraction of sp³-hybridized carbons (Fsp3) is 0.625. The summed E-state index contributed by atoms with van der Waals surface area (Å²) in [6, 6.07) is 0.275. The Morgan fingerprint density at radius 3 is 2.91 bits per heavy atom. The molecule has 1 aromatic rings. The number of aliphatic hydroxyl groups is 1. The molecular weight excluding hydrogens is 140 g/mol. The van der Waals surface area contributed by atoms with E-state index in [1.807, 2.05) is 10.8 Å². The zero-order valence-electron chi connectivity index (χ0n) is 6.35. The molecule has 3 heteroatoms. The lowest BCUT2D eigenvalue weighted by molar-refractivity contribution is 0.136. The van der Waals surface area contributed by atoms with Crippen LogP contribution in [0.15, 0.2) is 18.7 Å². The maximum atomic E-state index is 9.51. The van der Waals surface area contributed by atoms with Gasteiger partial charge >= 0.3 is 0 Å². The standard InChI is InChI=1S/C8H12N2O/c11-8-3-1-2-7(8)10-5-4-9-6-10/h4-8,11H,1-3H2/t7?,8-/m1/s1. The highest BCUT2D eigenvalue weighted by molar-refractivity contribution is 4.87. The van der Waals surface area contributed by atoms with E-state index in [1.54, 1.807) is 12.5 Å². The second kappa shape index (κ2) is 2.66. The fourth-order valence-corrected chi connectivity index (χ4v) is 1.73. The molecule has 1 N–H and O–H groups in total. The molecule has 0 bridgehead atoms. The van der Waals surface area contributed by atoms with Gasteiger partial charge in [0.05, 0.1) is 18.5 Å². The maximum absolute atomic E-state index is 9.51. The number of aromatic nitrogens is 2. The van der Waals surface area contributed by atoms with Gasteiger partial charge in [-0.3, -0.25) is 0 Å². The Morgan fingerprint density at radius 1 is 1.45 bits per heavy atom. The molecule has 1 fully saturated rings. The van der Waals surface area contributed by atoms with Gasteiger partial charge in [0.1, 0.15) is 0 Å². The predicted octanol–water partition coefficient (Wildman–Crippen LogP) is 0.969. The van der Waals surface area contributed by atoms with Crippen LogP contribution in [0.25, 0.3) is 0 Å². The number of hydrogen-bond acceptors (Lipinski definition) is 2. The zero-order valence-corrected chi connectivity index (χ0v) is 6.35. The molecule has 11 heavy (non-hydrogen) atoms. The van der Waals surface area contributed by atoms with E-state index in [-0.39, 0.29) is 12.1 Å². The number of rotatable bonds is 1. The fourth-order valence-electron chi connectivity index (χ4n) is 1.73. The van der Waals surface area contributed by atoms with Gasteiger partial charge in [-0.1, -0.05) is 0 Å². The molecule has 1 aliphatic carbocycles. The van der Waals surface area contributed by atoms with Crippen molar-refractivity contribution in [2.45, 2.75) is 31.4 Å². The van der Waals surface area contributed by atoms with Gasteiger partial charge in [0.2, 0.25) is 0 Å². The van der Waals surface area contributed by atoms with Gasteiger partial charge in [-0.25, -0.2) is 4.98 Å². The van der Waals surface area contributed by atoms with Gasteiger partial charge in [-0.05, 0) is 19.3 Å². The van der Waals surface area contributed by atoms with E-state index in [0.717, 1.165) is 19.3 Å². The molecule has 1 unspecified atom stereocenters. The lowest BCUT2D eigenvalue weighted by Gasteiger charge is -2.14. The Kier molecular flexibility index (Phi) is 1.66. The highest BCUT2D eigenvalue weighted by Gasteiger charge is 2.25. The van der Waals surface area contributed by atoms with Gasteiger partial charge < -0.3 is 9.67 Å². The minimum Gasteiger partial charge on any atom is -0.391 e. The van der Waals surface area contributed by atoms with Crippen molar-refractivity contribution in [1.29, 1.82) is 0 Å². The number of hydrogen-bond donors (Lipinski definition) is 1. The molecular formula is C8H12N2O. The lowest BCUT2D eigenvalue weighted by atomic mass is 10.2. The second-order valence-corrected chi connectivity index (χ2v) is 3.08. The van der Waals surface area contributed by atoms with E-state index < -0.39 is 0 Å². The highest BCUT2D eigenvalue weighted by Crippen LogP contribution is 2.29. The van der Waals surface area contributed by atoms with Gasteiger partial charge in [0.15, 0.2) is 0 Å². The number of nitrogens with zero attached hydrogens (tertiary/aromatic N) is 2. The van der Waals surface area contributed by atoms with Gasteiger partial charge in [-0.15, -0.1) is 0 Å². The van der Waals surface area contributed by atoms with Crippen LogP contribution < -0.4 is 0 Å². The van der Waals surface area contributed by atoms with E-state index in [1.165, 1.54) is 0 Å². The molecule has 2 atom stereocenters. The average Bonchev–Trinajstić information content (AvgIpc) is 2.55. The summed E-state index contributed by atoms with van der Waals surface area (Å²) in [5, 5.41) is 9.51. The summed E-state index contributed by atoms with van der Waals surface area (Å²) in [6.45, 7) is 0. The van der Waals surface area contributed by atoms with E-state index >= 15 is 0 Å². The van der Waals surface area contributed by atoms with Crippen molar-refractivity contribution in [3.63, 3.8) is 0 Å². The Morgan fingerprint density at radius 2 is 2.36 bits per heavy atom. The summed E-state index contributed by atoms with van der Waals surface area (Å²) in [7, 11) is 0. The molecule has 1 aliphatic rings. The summed E-state index contributed by atoms with van der Waals surface area (Å²) in [6.07, 6.45) is 8.43. The van der Waals surface area contributed by atoms with Crippen molar-refractivity contribution in [3.05, 3.63) is 18.7 Å². The quantitative estimate of drug-likeness (QED) is 0.651. The molecule has 0 saturated heterocycles. The second-order valence-electron chi connectivity index (χ2n) is 3.08. The summed E-state index contributed by atoms with van der Waals surface area (Å²) in [5.41, 5.74) is 0. The van der Waals surface area contributed by atoms with Crippen LogP contribution in [0, 0.1) is 0 Å². The Hall–Kier alpha value is -0.830. The SMILES string of the molecule is O[C@@H]1CCCC1n1ccnc1. The third-order valence-electron chi connectivity index (χ3n) is 2.35. The third kappa shape index (κ3) is 1.16. The van der Waals surface area contributed by atoms with Crippen LogP contribution in [0.4, 0.5) is 0 Å². The largest absolute Gasteiger partial charge is 0.391 e. The van der Waals surface area contributed by atoms with Crippen LogP contribution in [-0.4, -0.2) is 20.8 Å². The molecule has 1 aromatic heterocycles. The molecule has 0 aliphatic heterocycles. The molecule has 1 saturated carbocycles. The molecule has 3 nitrogen and oxygen atoms in total. The van der Waals surface area contributed by atoms with Gasteiger partial charge in [0, 0.05) is 12.4 Å². The highest BCUT2D eigenvalue weighted by atomic mass is 16.3. The Balaban J connectivity index is 2.16. The minimum atomic E-state index is -0.163. The maximum Gasteiger partial charge on any atom is 0.0949 e. The smallest absolute Gasteiger partial charge is 0.0949 e. The van der Waals surface area contributed by atoms with Crippen LogP contribution in [0.2, 0.25) is 0 Å². The van der Waals surface area contributed by atoms with Crippen molar-refractivity contribution in [2.24, 2.45) is 0 Å². The predicted molar refractivity (Wildman–Crippen MR) is 41.1 cm³/mol. The van der Waals surface area contributed by atoms with E-state index in [2.05, 4.69) is 4.98 Å². The zero-order chi connectivity index (χ0) is 7.68. The monoisotopic (exact) mass is 152 g/mol. The Bertz CT molecular complexity index is 220. The van der Waals surface area contributed by atoms with Crippen molar-refractivity contribution < 1.29 is 5.11 Å². The molecule has 0 spiro atoms. The van der Waals surface area contributed by atoms with Crippen LogP contribution >= 0.6 is 0 Å². The third-order valence-corrected chi connectivity index (χ3v) is 2.35. The summed E-state index contributed by atoms with van der Waals surface area (Å²) in [4.78, 5) is 3.95. The summed E-state index contributed by atoms with van der Waals surface area (Å²) < 4.78 is 2.00. The molecule has 60 valence electrons. The number of aliphatic hydroxyl groups excluding tert-OH is 1. The van der Waals surface area contributed by atoms with E-state index in [0.29, 0.717) is 0 Å². The van der Waals surface area contributed by atoms with Gasteiger partial charge in [0.25, 0.3) is 0 Å². The van der Waals surface area contributed by atoms with Crippen molar-refractivity contribution in [2.75, 3.05) is 0 Å². The molecule has 1 heterocycles. The first kappa shape index (κ1) is 6.85. The topological polar surface area (TPSA) is 38.0 Å². The van der Waals surface area contributed by atoms with Crippen LogP contribution in [0.3, 0.4) is 0 Å². The Labute approximate surface area is 65.7 Å².